The molecule has 6 heteroatoms. The van der Waals surface area contributed by atoms with Gasteiger partial charge in [0, 0.05) is 36.2 Å². The topological polar surface area (TPSA) is 57.2 Å². The first-order chi connectivity index (χ1) is 13.7. The highest BCUT2D eigenvalue weighted by Gasteiger charge is 2.28. The smallest absolute Gasteiger partial charge is 0.249 e. The van der Waals surface area contributed by atoms with Crippen LogP contribution in [0.25, 0.3) is 0 Å². The molecule has 144 valence electrons. The Morgan fingerprint density at radius 3 is 2.57 bits per heavy atom. The second-order valence-corrected chi connectivity index (χ2v) is 7.03. The van der Waals surface area contributed by atoms with Gasteiger partial charge in [-0.15, -0.1) is 5.10 Å². The summed E-state index contributed by atoms with van der Waals surface area (Å²) >= 11 is 0. The van der Waals surface area contributed by atoms with Crippen LogP contribution in [0.3, 0.4) is 0 Å². The van der Waals surface area contributed by atoms with E-state index >= 15 is 0 Å². The van der Waals surface area contributed by atoms with Crippen molar-refractivity contribution >= 4 is 28.8 Å². The van der Waals surface area contributed by atoms with Crippen molar-refractivity contribution in [1.82, 2.24) is 15.2 Å². The van der Waals surface area contributed by atoms with Gasteiger partial charge in [-0.1, -0.05) is 18.2 Å². The maximum atomic E-state index is 4.72. The molecule has 2 aromatic carbocycles. The minimum atomic E-state index is 0.343. The number of hydrogen-bond acceptors (Lipinski definition) is 6. The zero-order valence-electron chi connectivity index (χ0n) is 16.6. The summed E-state index contributed by atoms with van der Waals surface area (Å²) in [7, 11) is 0. The second-order valence-electron chi connectivity index (χ2n) is 7.03. The third-order valence-electron chi connectivity index (χ3n) is 5.25. The molecule has 28 heavy (non-hydrogen) atoms. The molecule has 0 bridgehead atoms. The third kappa shape index (κ3) is 3.50. The van der Waals surface area contributed by atoms with Crippen LogP contribution in [0.4, 0.5) is 28.8 Å². The average molecular weight is 374 g/mol. The SMILES string of the molecule is CCN(CC)c1ccc(Nc2nncc(N3c4ccccc4CC3C)n2)cc1. The minimum Gasteiger partial charge on any atom is -0.372 e. The molecule has 0 radical (unpaired) electrons. The van der Waals surface area contributed by atoms with Gasteiger partial charge in [0.15, 0.2) is 5.82 Å². The van der Waals surface area contributed by atoms with Crippen molar-refractivity contribution in [2.24, 2.45) is 0 Å². The van der Waals surface area contributed by atoms with Gasteiger partial charge in [0.05, 0.1) is 6.20 Å². The van der Waals surface area contributed by atoms with Crippen molar-refractivity contribution in [3.63, 3.8) is 0 Å². The van der Waals surface area contributed by atoms with Crippen LogP contribution in [-0.4, -0.2) is 34.3 Å². The van der Waals surface area contributed by atoms with Crippen molar-refractivity contribution < 1.29 is 0 Å². The summed E-state index contributed by atoms with van der Waals surface area (Å²) in [6.45, 7) is 8.53. The van der Waals surface area contributed by atoms with E-state index in [1.165, 1.54) is 16.9 Å². The number of nitrogens with one attached hydrogen (secondary N) is 1. The molecule has 4 rings (SSSR count). The molecule has 0 aliphatic carbocycles. The molecule has 1 atom stereocenters. The van der Waals surface area contributed by atoms with Crippen LogP contribution < -0.4 is 15.1 Å². The van der Waals surface area contributed by atoms with Crippen LogP contribution in [0.2, 0.25) is 0 Å². The van der Waals surface area contributed by atoms with E-state index < -0.39 is 0 Å². The minimum absolute atomic E-state index is 0.343. The molecular weight excluding hydrogens is 348 g/mol. The first-order valence-electron chi connectivity index (χ1n) is 9.88. The van der Waals surface area contributed by atoms with Crippen LogP contribution in [0, 0.1) is 0 Å². The molecule has 3 aromatic rings. The van der Waals surface area contributed by atoms with Crippen LogP contribution in [0.5, 0.6) is 0 Å². The molecule has 1 aromatic heterocycles. The molecule has 0 fully saturated rings. The first kappa shape index (κ1) is 18.2. The monoisotopic (exact) mass is 374 g/mol. The Hall–Kier alpha value is -3.15. The highest BCUT2D eigenvalue weighted by atomic mass is 15.3. The van der Waals surface area contributed by atoms with E-state index in [4.69, 9.17) is 4.98 Å². The summed E-state index contributed by atoms with van der Waals surface area (Å²) in [6, 6.07) is 17.1. The summed E-state index contributed by atoms with van der Waals surface area (Å²) < 4.78 is 0. The molecule has 1 N–H and O–H groups in total. The Kier molecular flexibility index (Phi) is 5.10. The zero-order chi connectivity index (χ0) is 19.5. The van der Waals surface area contributed by atoms with E-state index in [1.54, 1.807) is 6.20 Å². The highest BCUT2D eigenvalue weighted by Crippen LogP contribution is 2.37. The van der Waals surface area contributed by atoms with E-state index in [-0.39, 0.29) is 0 Å². The Morgan fingerprint density at radius 1 is 1.07 bits per heavy atom. The lowest BCUT2D eigenvalue weighted by molar-refractivity contribution is 0.745. The van der Waals surface area contributed by atoms with Gasteiger partial charge in [0.25, 0.3) is 0 Å². The van der Waals surface area contributed by atoms with Gasteiger partial charge in [-0.2, -0.15) is 10.1 Å². The van der Waals surface area contributed by atoms with Crippen LogP contribution in [0.15, 0.2) is 54.7 Å². The Labute approximate surface area is 166 Å². The molecule has 0 saturated carbocycles. The van der Waals surface area contributed by atoms with Crippen LogP contribution >= 0.6 is 0 Å². The maximum Gasteiger partial charge on any atom is 0.249 e. The first-order valence-corrected chi connectivity index (χ1v) is 9.88. The molecule has 1 unspecified atom stereocenters. The van der Waals surface area contributed by atoms with Gasteiger partial charge in [0.2, 0.25) is 5.95 Å². The Balaban J connectivity index is 1.55. The van der Waals surface area contributed by atoms with Crippen molar-refractivity contribution in [2.45, 2.75) is 33.2 Å². The fourth-order valence-electron chi connectivity index (χ4n) is 3.85. The largest absolute Gasteiger partial charge is 0.372 e. The van der Waals surface area contributed by atoms with Crippen LogP contribution in [0.1, 0.15) is 26.3 Å². The molecular formula is C22H26N6. The number of fused-ring (bicyclic) bond motifs is 1. The molecule has 0 saturated heterocycles. The lowest BCUT2D eigenvalue weighted by Gasteiger charge is -2.23. The lowest BCUT2D eigenvalue weighted by Crippen LogP contribution is -2.25. The standard InChI is InChI=1S/C22H26N6/c1-4-27(5-2)19-12-10-18(11-13-19)24-22-25-21(15-23-26-22)28-16(3)14-17-8-6-7-9-20(17)28/h6-13,15-16H,4-5,14H2,1-3H3,(H,24,25,26). The van der Waals surface area contributed by atoms with Gasteiger partial charge >= 0.3 is 0 Å². The van der Waals surface area contributed by atoms with Crippen molar-refractivity contribution in [3.05, 3.63) is 60.3 Å². The number of rotatable bonds is 6. The average Bonchev–Trinajstić information content (AvgIpc) is 3.06. The maximum absolute atomic E-state index is 4.72. The predicted molar refractivity (Wildman–Crippen MR) is 115 cm³/mol. The number of para-hydroxylation sites is 1. The second kappa shape index (κ2) is 7.84. The number of nitrogens with zero attached hydrogens (tertiary/aromatic N) is 5. The third-order valence-corrected chi connectivity index (χ3v) is 5.25. The Bertz CT molecular complexity index is 936. The van der Waals surface area contributed by atoms with Crippen molar-refractivity contribution in [3.8, 4) is 0 Å². The van der Waals surface area contributed by atoms with E-state index in [1.807, 2.05) is 0 Å². The van der Waals surface area contributed by atoms with Gasteiger partial charge in [-0.25, -0.2) is 0 Å². The quantitative estimate of drug-likeness (QED) is 0.683. The van der Waals surface area contributed by atoms with E-state index in [0.717, 1.165) is 31.0 Å². The molecule has 0 amide bonds. The van der Waals surface area contributed by atoms with E-state index in [2.05, 4.69) is 94.6 Å². The zero-order valence-corrected chi connectivity index (χ0v) is 16.6. The van der Waals surface area contributed by atoms with Gasteiger partial charge in [0.1, 0.15) is 0 Å². The van der Waals surface area contributed by atoms with Gasteiger partial charge in [-0.05, 0) is 63.1 Å². The van der Waals surface area contributed by atoms with E-state index in [9.17, 15) is 0 Å². The van der Waals surface area contributed by atoms with Crippen molar-refractivity contribution in [2.75, 3.05) is 28.2 Å². The predicted octanol–water partition coefficient (Wildman–Crippen LogP) is 4.54. The van der Waals surface area contributed by atoms with Gasteiger partial charge in [-0.3, -0.25) is 0 Å². The molecule has 1 aliphatic heterocycles. The number of benzene rings is 2. The molecule has 0 spiro atoms. The summed E-state index contributed by atoms with van der Waals surface area (Å²) in [5.41, 5.74) is 4.70. The lowest BCUT2D eigenvalue weighted by atomic mass is 10.1. The highest BCUT2D eigenvalue weighted by molar-refractivity contribution is 5.69. The van der Waals surface area contributed by atoms with Crippen LogP contribution in [-0.2, 0) is 6.42 Å². The summed E-state index contributed by atoms with van der Waals surface area (Å²) in [5.74, 6) is 1.32. The molecule has 2 heterocycles. The summed E-state index contributed by atoms with van der Waals surface area (Å²) in [4.78, 5) is 9.27. The summed E-state index contributed by atoms with van der Waals surface area (Å²) in [6.07, 6.45) is 2.74. The van der Waals surface area contributed by atoms with Crippen molar-refractivity contribution in [1.29, 1.82) is 0 Å². The molecule has 6 nitrogen and oxygen atoms in total. The molecule has 1 aliphatic rings. The van der Waals surface area contributed by atoms with E-state index in [0.29, 0.717) is 12.0 Å². The fraction of sp³-hybridized carbons (Fsp3) is 0.318. The van der Waals surface area contributed by atoms with Gasteiger partial charge < -0.3 is 15.1 Å². The fourth-order valence-corrected chi connectivity index (χ4v) is 3.85. The number of aromatic nitrogens is 3. The number of hydrogen-bond donors (Lipinski definition) is 1. The number of anilines is 5. The summed E-state index contributed by atoms with van der Waals surface area (Å²) in [5, 5.41) is 11.6. The normalized spacial score (nSPS) is 15.4. The Morgan fingerprint density at radius 2 is 1.82 bits per heavy atom.